The molecule has 0 fully saturated rings. The van der Waals surface area contributed by atoms with Gasteiger partial charge in [-0.15, -0.1) is 6.42 Å². The van der Waals surface area contributed by atoms with E-state index >= 15 is 0 Å². The number of ether oxygens (including phenoxy) is 1. The number of carbonyl (C=O) groups is 3. The summed E-state index contributed by atoms with van der Waals surface area (Å²) in [6, 6.07) is -1.77. The van der Waals surface area contributed by atoms with Crippen LogP contribution in [-0.4, -0.2) is 35.1 Å². The van der Waals surface area contributed by atoms with E-state index in [1.807, 2.05) is 5.32 Å². The summed E-state index contributed by atoms with van der Waals surface area (Å²) in [4.78, 5) is 32.8. The largest absolute Gasteiger partial charge is 0.479 e. The van der Waals surface area contributed by atoms with Crippen LogP contribution in [0.1, 0.15) is 20.3 Å². The van der Waals surface area contributed by atoms with E-state index in [-0.39, 0.29) is 0 Å². The van der Waals surface area contributed by atoms with E-state index in [1.165, 1.54) is 0 Å². The second-order valence-electron chi connectivity index (χ2n) is 3.04. The molecule has 0 bridgehead atoms. The number of hydrogen-bond donors (Lipinski definition) is 2. The summed E-state index contributed by atoms with van der Waals surface area (Å²) >= 11 is 0. The van der Waals surface area contributed by atoms with Crippen molar-refractivity contribution >= 4 is 17.8 Å². The SMILES string of the molecule is C#CC(=O)NC(C(=O)O)C(=O)OC(C)CC. The fraction of sp³-hybridized carbons (Fsp3) is 0.500. The molecule has 2 N–H and O–H groups in total. The second-order valence-corrected chi connectivity index (χ2v) is 3.04. The molecule has 0 heterocycles. The smallest absolute Gasteiger partial charge is 0.340 e. The number of rotatable bonds is 5. The minimum Gasteiger partial charge on any atom is -0.479 e. The molecule has 0 rings (SSSR count). The van der Waals surface area contributed by atoms with E-state index in [1.54, 1.807) is 19.8 Å². The normalized spacial score (nSPS) is 13.1. The summed E-state index contributed by atoms with van der Waals surface area (Å²) in [5, 5.41) is 10.5. The van der Waals surface area contributed by atoms with Gasteiger partial charge in [-0.05, 0) is 19.3 Å². The van der Waals surface area contributed by atoms with E-state index in [4.69, 9.17) is 16.3 Å². The zero-order valence-corrected chi connectivity index (χ0v) is 9.02. The molecule has 1 amide bonds. The summed E-state index contributed by atoms with van der Waals surface area (Å²) in [7, 11) is 0. The number of aliphatic carboxylic acids is 1. The molecule has 0 aliphatic carbocycles. The Hall–Kier alpha value is -2.03. The van der Waals surface area contributed by atoms with Crippen LogP contribution in [0.2, 0.25) is 0 Å². The van der Waals surface area contributed by atoms with Crippen LogP contribution in [-0.2, 0) is 19.1 Å². The van der Waals surface area contributed by atoms with Crippen molar-refractivity contribution in [3.05, 3.63) is 0 Å². The number of hydrogen-bond acceptors (Lipinski definition) is 4. The monoisotopic (exact) mass is 227 g/mol. The number of carboxylic acids is 1. The molecule has 0 aliphatic heterocycles. The Morgan fingerprint density at radius 1 is 1.50 bits per heavy atom. The number of carboxylic acid groups (broad SMARTS) is 1. The molecule has 6 nitrogen and oxygen atoms in total. The maximum Gasteiger partial charge on any atom is 0.340 e. The van der Waals surface area contributed by atoms with Crippen molar-refractivity contribution in [2.45, 2.75) is 32.4 Å². The van der Waals surface area contributed by atoms with Crippen LogP contribution in [0.4, 0.5) is 0 Å². The minimum absolute atomic E-state index is 0.419. The van der Waals surface area contributed by atoms with Gasteiger partial charge in [-0.2, -0.15) is 0 Å². The summed E-state index contributed by atoms with van der Waals surface area (Å²) < 4.78 is 4.77. The summed E-state index contributed by atoms with van der Waals surface area (Å²) in [6.07, 6.45) is 4.86. The molecule has 6 heteroatoms. The number of carbonyl (C=O) groups excluding carboxylic acids is 2. The molecule has 0 spiro atoms. The maximum atomic E-state index is 11.3. The molecule has 16 heavy (non-hydrogen) atoms. The van der Waals surface area contributed by atoms with E-state index in [0.29, 0.717) is 6.42 Å². The molecule has 0 saturated heterocycles. The van der Waals surface area contributed by atoms with E-state index < -0.39 is 30.0 Å². The highest BCUT2D eigenvalue weighted by atomic mass is 16.5. The first-order valence-corrected chi connectivity index (χ1v) is 4.62. The van der Waals surface area contributed by atoms with Crippen molar-refractivity contribution in [1.29, 1.82) is 0 Å². The topological polar surface area (TPSA) is 92.7 Å². The summed E-state index contributed by atoms with van der Waals surface area (Å²) in [5.74, 6) is -1.88. The molecule has 0 aromatic rings. The predicted octanol–water partition coefficient (Wildman–Crippen LogP) is -0.469. The van der Waals surface area contributed by atoms with Crippen molar-refractivity contribution in [2.24, 2.45) is 0 Å². The van der Waals surface area contributed by atoms with Gasteiger partial charge in [0.25, 0.3) is 5.91 Å². The number of nitrogens with one attached hydrogen (secondary N) is 1. The van der Waals surface area contributed by atoms with Gasteiger partial charge in [0.05, 0.1) is 6.10 Å². The van der Waals surface area contributed by atoms with Gasteiger partial charge in [-0.3, -0.25) is 4.79 Å². The Morgan fingerprint density at radius 3 is 2.44 bits per heavy atom. The Kier molecular flexibility index (Phi) is 5.63. The zero-order valence-electron chi connectivity index (χ0n) is 9.02. The molecular formula is C10H13NO5. The first-order valence-electron chi connectivity index (χ1n) is 4.62. The van der Waals surface area contributed by atoms with Crippen LogP contribution >= 0.6 is 0 Å². The Bertz CT molecular complexity index is 331. The van der Waals surface area contributed by atoms with Crippen LogP contribution in [0.25, 0.3) is 0 Å². The van der Waals surface area contributed by atoms with Gasteiger partial charge >= 0.3 is 11.9 Å². The molecule has 0 aliphatic rings. The number of terminal acetylenes is 1. The van der Waals surface area contributed by atoms with Gasteiger partial charge in [0.1, 0.15) is 0 Å². The third-order valence-electron chi connectivity index (χ3n) is 1.78. The summed E-state index contributed by atoms with van der Waals surface area (Å²) in [5.41, 5.74) is 0. The lowest BCUT2D eigenvalue weighted by Gasteiger charge is -2.15. The van der Waals surface area contributed by atoms with Crippen molar-refractivity contribution in [2.75, 3.05) is 0 Å². The number of esters is 1. The predicted molar refractivity (Wildman–Crippen MR) is 54.2 cm³/mol. The van der Waals surface area contributed by atoms with Gasteiger partial charge in [0.15, 0.2) is 0 Å². The van der Waals surface area contributed by atoms with Crippen molar-refractivity contribution in [3.63, 3.8) is 0 Å². The first kappa shape index (κ1) is 14.0. The maximum absolute atomic E-state index is 11.3. The zero-order chi connectivity index (χ0) is 12.7. The van der Waals surface area contributed by atoms with Gasteiger partial charge in [0.2, 0.25) is 6.04 Å². The molecule has 2 atom stereocenters. The van der Waals surface area contributed by atoms with Crippen LogP contribution in [0.3, 0.4) is 0 Å². The Balaban J connectivity index is 4.55. The highest BCUT2D eigenvalue weighted by Gasteiger charge is 2.30. The van der Waals surface area contributed by atoms with Crippen LogP contribution < -0.4 is 5.32 Å². The van der Waals surface area contributed by atoms with Gasteiger partial charge in [-0.25, -0.2) is 9.59 Å². The van der Waals surface area contributed by atoms with Crippen molar-refractivity contribution in [1.82, 2.24) is 5.32 Å². The van der Waals surface area contributed by atoms with Crippen LogP contribution in [0.5, 0.6) is 0 Å². The van der Waals surface area contributed by atoms with E-state index in [2.05, 4.69) is 0 Å². The highest BCUT2D eigenvalue weighted by molar-refractivity contribution is 6.04. The molecular weight excluding hydrogens is 214 g/mol. The third kappa shape index (κ3) is 4.46. The Labute approximate surface area is 93.0 Å². The fourth-order valence-corrected chi connectivity index (χ4v) is 0.744. The highest BCUT2D eigenvalue weighted by Crippen LogP contribution is 1.99. The first-order chi connectivity index (χ1) is 7.42. The molecule has 0 aromatic carbocycles. The average molecular weight is 227 g/mol. The lowest BCUT2D eigenvalue weighted by molar-refractivity contribution is -0.159. The van der Waals surface area contributed by atoms with E-state index in [9.17, 15) is 14.4 Å². The lowest BCUT2D eigenvalue weighted by Crippen LogP contribution is -2.47. The van der Waals surface area contributed by atoms with E-state index in [0.717, 1.165) is 0 Å². The molecule has 88 valence electrons. The molecule has 0 saturated carbocycles. The molecule has 0 aromatic heterocycles. The number of amides is 1. The molecule has 2 unspecified atom stereocenters. The third-order valence-corrected chi connectivity index (χ3v) is 1.78. The van der Waals surface area contributed by atoms with Crippen LogP contribution in [0, 0.1) is 12.3 Å². The average Bonchev–Trinajstić information content (AvgIpc) is 2.24. The lowest BCUT2D eigenvalue weighted by atomic mass is 10.2. The van der Waals surface area contributed by atoms with Gasteiger partial charge in [-0.1, -0.05) is 6.92 Å². The quantitative estimate of drug-likeness (QED) is 0.376. The van der Waals surface area contributed by atoms with Gasteiger partial charge in [0, 0.05) is 0 Å². The second kappa shape index (κ2) is 6.45. The minimum atomic E-state index is -1.77. The standard InChI is InChI=1S/C10H13NO5/c1-4-6(3)16-10(15)8(9(13)14)11-7(12)5-2/h2,6,8H,4H2,1,3H3,(H,11,12)(H,13,14). The van der Waals surface area contributed by atoms with Crippen molar-refractivity contribution < 1.29 is 24.2 Å². The molecule has 0 radical (unpaired) electrons. The van der Waals surface area contributed by atoms with Gasteiger partial charge < -0.3 is 15.2 Å². The Morgan fingerprint density at radius 2 is 2.06 bits per heavy atom. The van der Waals surface area contributed by atoms with Crippen molar-refractivity contribution in [3.8, 4) is 12.3 Å². The fourth-order valence-electron chi connectivity index (χ4n) is 0.744. The summed E-state index contributed by atoms with van der Waals surface area (Å²) in [6.45, 7) is 3.38. The van der Waals surface area contributed by atoms with Crippen LogP contribution in [0.15, 0.2) is 0 Å².